The molecule has 0 spiro atoms. The normalized spacial score (nSPS) is 18.7. The molecular formula is C12H14O3. The Morgan fingerprint density at radius 1 is 1.20 bits per heavy atom. The zero-order valence-corrected chi connectivity index (χ0v) is 8.90. The van der Waals surface area contributed by atoms with Gasteiger partial charge in [0.15, 0.2) is 11.5 Å². The van der Waals surface area contributed by atoms with Crippen LogP contribution < -0.4 is 9.47 Å². The van der Waals surface area contributed by atoms with E-state index in [9.17, 15) is 0 Å². The monoisotopic (exact) mass is 206 g/mol. The van der Waals surface area contributed by atoms with Crippen LogP contribution in [-0.4, -0.2) is 14.2 Å². The average Bonchev–Trinajstić information content (AvgIpc) is 2.81. The lowest BCUT2D eigenvalue weighted by Gasteiger charge is -2.13. The molecule has 1 unspecified atom stereocenters. The van der Waals surface area contributed by atoms with E-state index in [4.69, 9.17) is 14.2 Å². The summed E-state index contributed by atoms with van der Waals surface area (Å²) in [5, 5.41) is 0. The first-order chi connectivity index (χ1) is 7.35. The minimum atomic E-state index is 0.116. The largest absolute Gasteiger partial charge is 0.493 e. The van der Waals surface area contributed by atoms with Crippen molar-refractivity contribution in [2.24, 2.45) is 0 Å². The van der Waals surface area contributed by atoms with Gasteiger partial charge in [0.1, 0.15) is 6.10 Å². The van der Waals surface area contributed by atoms with Gasteiger partial charge in [-0.15, -0.1) is 0 Å². The van der Waals surface area contributed by atoms with Crippen molar-refractivity contribution in [1.29, 1.82) is 0 Å². The van der Waals surface area contributed by atoms with E-state index >= 15 is 0 Å². The van der Waals surface area contributed by atoms with Gasteiger partial charge in [0, 0.05) is 6.42 Å². The van der Waals surface area contributed by atoms with Crippen molar-refractivity contribution in [3.8, 4) is 11.5 Å². The van der Waals surface area contributed by atoms with Gasteiger partial charge in [-0.3, -0.25) is 0 Å². The third kappa shape index (κ3) is 1.91. The second-order valence-corrected chi connectivity index (χ2v) is 3.35. The molecule has 1 aliphatic heterocycles. The second-order valence-electron chi connectivity index (χ2n) is 3.35. The average molecular weight is 206 g/mol. The predicted molar refractivity (Wildman–Crippen MR) is 57.1 cm³/mol. The van der Waals surface area contributed by atoms with Crippen LogP contribution in [0, 0.1) is 0 Å². The highest BCUT2D eigenvalue weighted by Crippen LogP contribution is 2.33. The van der Waals surface area contributed by atoms with Crippen molar-refractivity contribution in [2.75, 3.05) is 14.2 Å². The third-order valence-electron chi connectivity index (χ3n) is 2.47. The number of rotatable bonds is 3. The van der Waals surface area contributed by atoms with Crippen molar-refractivity contribution < 1.29 is 14.2 Å². The van der Waals surface area contributed by atoms with Crippen LogP contribution in [0.1, 0.15) is 18.1 Å². The Labute approximate surface area is 89.3 Å². The summed E-state index contributed by atoms with van der Waals surface area (Å²) in [6, 6.07) is 5.85. The lowest BCUT2D eigenvalue weighted by atomic mass is 10.1. The molecule has 0 fully saturated rings. The molecule has 0 N–H and O–H groups in total. The summed E-state index contributed by atoms with van der Waals surface area (Å²) in [4.78, 5) is 0. The smallest absolute Gasteiger partial charge is 0.161 e. The van der Waals surface area contributed by atoms with Crippen LogP contribution in [0.2, 0.25) is 0 Å². The first kappa shape index (κ1) is 9.90. The maximum absolute atomic E-state index is 5.44. The standard InChI is InChI=1S/C12H14O3/c1-13-11-6-5-9(8-12(11)14-2)10-4-3-7-15-10/h3,5-8,10H,4H2,1-2H3. The highest BCUT2D eigenvalue weighted by molar-refractivity contribution is 5.43. The Bertz CT molecular complexity index is 363. The molecule has 0 bridgehead atoms. The number of ether oxygens (including phenoxy) is 3. The van der Waals surface area contributed by atoms with Gasteiger partial charge in [-0.2, -0.15) is 0 Å². The molecule has 0 aliphatic carbocycles. The zero-order valence-electron chi connectivity index (χ0n) is 8.90. The van der Waals surface area contributed by atoms with Gasteiger partial charge in [0.05, 0.1) is 20.5 Å². The topological polar surface area (TPSA) is 27.7 Å². The van der Waals surface area contributed by atoms with Crippen LogP contribution >= 0.6 is 0 Å². The van der Waals surface area contributed by atoms with E-state index < -0.39 is 0 Å². The molecule has 80 valence electrons. The number of methoxy groups -OCH3 is 2. The molecule has 0 amide bonds. The molecule has 3 heteroatoms. The van der Waals surface area contributed by atoms with Crippen molar-refractivity contribution in [1.82, 2.24) is 0 Å². The van der Waals surface area contributed by atoms with Crippen molar-refractivity contribution in [2.45, 2.75) is 12.5 Å². The highest BCUT2D eigenvalue weighted by atomic mass is 16.5. The van der Waals surface area contributed by atoms with Crippen LogP contribution in [0.5, 0.6) is 11.5 Å². The summed E-state index contributed by atoms with van der Waals surface area (Å²) >= 11 is 0. The van der Waals surface area contributed by atoms with E-state index in [1.165, 1.54) is 0 Å². The van der Waals surface area contributed by atoms with Crippen molar-refractivity contribution in [3.05, 3.63) is 36.1 Å². The van der Waals surface area contributed by atoms with Crippen LogP contribution in [0.15, 0.2) is 30.5 Å². The Hall–Kier alpha value is -1.64. The van der Waals surface area contributed by atoms with Gasteiger partial charge in [-0.05, 0) is 23.8 Å². The van der Waals surface area contributed by atoms with E-state index in [1.807, 2.05) is 24.3 Å². The fraction of sp³-hybridized carbons (Fsp3) is 0.333. The summed E-state index contributed by atoms with van der Waals surface area (Å²) in [6.45, 7) is 0. The predicted octanol–water partition coefficient (Wildman–Crippen LogP) is 2.68. The second kappa shape index (κ2) is 4.26. The molecule has 0 saturated heterocycles. The first-order valence-electron chi connectivity index (χ1n) is 4.87. The van der Waals surface area contributed by atoms with Crippen molar-refractivity contribution in [3.63, 3.8) is 0 Å². The number of hydrogen-bond donors (Lipinski definition) is 0. The molecule has 0 aromatic heterocycles. The van der Waals surface area contributed by atoms with Crippen molar-refractivity contribution >= 4 is 0 Å². The fourth-order valence-corrected chi connectivity index (χ4v) is 1.65. The lowest BCUT2D eigenvalue weighted by Crippen LogP contribution is -1.97. The van der Waals surface area contributed by atoms with Crippen LogP contribution in [-0.2, 0) is 4.74 Å². The van der Waals surface area contributed by atoms with E-state index in [0.29, 0.717) is 0 Å². The molecule has 1 aromatic rings. The zero-order chi connectivity index (χ0) is 10.7. The van der Waals surface area contributed by atoms with Crippen LogP contribution in [0.3, 0.4) is 0 Å². The number of hydrogen-bond acceptors (Lipinski definition) is 3. The summed E-state index contributed by atoms with van der Waals surface area (Å²) < 4.78 is 15.8. The minimum absolute atomic E-state index is 0.116. The Morgan fingerprint density at radius 2 is 2.00 bits per heavy atom. The van der Waals surface area contributed by atoms with Gasteiger partial charge < -0.3 is 14.2 Å². The molecule has 1 aliphatic rings. The molecule has 1 atom stereocenters. The molecule has 3 nitrogen and oxygen atoms in total. The van der Waals surface area contributed by atoms with Gasteiger partial charge in [0.2, 0.25) is 0 Å². The third-order valence-corrected chi connectivity index (χ3v) is 2.47. The van der Waals surface area contributed by atoms with E-state index in [0.717, 1.165) is 23.5 Å². The van der Waals surface area contributed by atoms with E-state index in [2.05, 4.69) is 0 Å². The molecule has 0 radical (unpaired) electrons. The molecule has 0 saturated carbocycles. The highest BCUT2D eigenvalue weighted by Gasteiger charge is 2.16. The Morgan fingerprint density at radius 3 is 2.60 bits per heavy atom. The van der Waals surface area contributed by atoms with E-state index in [1.54, 1.807) is 20.5 Å². The summed E-state index contributed by atoms with van der Waals surface area (Å²) in [7, 11) is 3.26. The molecular weight excluding hydrogens is 192 g/mol. The summed E-state index contributed by atoms with van der Waals surface area (Å²) in [5.41, 5.74) is 1.11. The minimum Gasteiger partial charge on any atom is -0.493 e. The Kier molecular flexibility index (Phi) is 2.81. The van der Waals surface area contributed by atoms with Gasteiger partial charge in [-0.25, -0.2) is 0 Å². The van der Waals surface area contributed by atoms with Gasteiger partial charge in [0.25, 0.3) is 0 Å². The fourth-order valence-electron chi connectivity index (χ4n) is 1.65. The van der Waals surface area contributed by atoms with Gasteiger partial charge in [-0.1, -0.05) is 6.07 Å². The molecule has 1 heterocycles. The lowest BCUT2D eigenvalue weighted by molar-refractivity contribution is 0.173. The maximum Gasteiger partial charge on any atom is 0.161 e. The SMILES string of the molecule is COc1ccc(C2CC=CO2)cc1OC. The quantitative estimate of drug-likeness (QED) is 0.761. The summed E-state index contributed by atoms with van der Waals surface area (Å²) in [6.07, 6.45) is 4.78. The van der Waals surface area contributed by atoms with Gasteiger partial charge >= 0.3 is 0 Å². The van der Waals surface area contributed by atoms with Crippen LogP contribution in [0.25, 0.3) is 0 Å². The molecule has 15 heavy (non-hydrogen) atoms. The van der Waals surface area contributed by atoms with E-state index in [-0.39, 0.29) is 6.10 Å². The summed E-state index contributed by atoms with van der Waals surface area (Å²) in [5.74, 6) is 1.48. The molecule has 1 aromatic carbocycles. The Balaban J connectivity index is 2.26. The first-order valence-corrected chi connectivity index (χ1v) is 4.87. The molecule has 2 rings (SSSR count). The van der Waals surface area contributed by atoms with Crippen LogP contribution in [0.4, 0.5) is 0 Å². The number of benzene rings is 1. The maximum atomic E-state index is 5.44.